The molecule has 0 aromatic heterocycles. The number of ketones is 1. The van der Waals surface area contributed by atoms with Crippen LogP contribution in [0.2, 0.25) is 0 Å². The van der Waals surface area contributed by atoms with Crippen molar-refractivity contribution < 1.29 is 9.53 Å². The van der Waals surface area contributed by atoms with E-state index in [9.17, 15) is 4.79 Å². The standard InChI is InChI=1S/C18H16O2/c1-20-18(14-16-10-6-3-7-11-16)17(19)13-12-15-8-4-2-5-9-15/h2-14H,1H3/b13-12-,18-14+. The first-order chi connectivity index (χ1) is 9.79. The van der Waals surface area contributed by atoms with Gasteiger partial charge in [0, 0.05) is 0 Å². The number of ether oxygens (including phenoxy) is 1. The van der Waals surface area contributed by atoms with Gasteiger partial charge in [-0.15, -0.1) is 0 Å². The van der Waals surface area contributed by atoms with E-state index in [0.717, 1.165) is 11.1 Å². The van der Waals surface area contributed by atoms with Gasteiger partial charge in [0.1, 0.15) is 0 Å². The lowest BCUT2D eigenvalue weighted by Crippen LogP contribution is -2.00. The van der Waals surface area contributed by atoms with Gasteiger partial charge in [-0.1, -0.05) is 66.7 Å². The molecule has 0 aliphatic rings. The van der Waals surface area contributed by atoms with E-state index in [0.29, 0.717) is 5.76 Å². The van der Waals surface area contributed by atoms with E-state index in [1.54, 1.807) is 12.2 Å². The summed E-state index contributed by atoms with van der Waals surface area (Å²) in [7, 11) is 1.50. The van der Waals surface area contributed by atoms with E-state index >= 15 is 0 Å². The van der Waals surface area contributed by atoms with Gasteiger partial charge in [0.2, 0.25) is 5.78 Å². The highest BCUT2D eigenvalue weighted by atomic mass is 16.5. The Morgan fingerprint density at radius 3 is 2.00 bits per heavy atom. The first kappa shape index (κ1) is 13.8. The molecule has 2 aromatic rings. The highest BCUT2D eigenvalue weighted by molar-refractivity contribution is 6.07. The molecule has 0 aliphatic heterocycles. The summed E-state index contributed by atoms with van der Waals surface area (Å²) in [5, 5.41) is 0. The van der Waals surface area contributed by atoms with Gasteiger partial charge < -0.3 is 4.74 Å². The number of benzene rings is 2. The molecule has 0 heterocycles. The van der Waals surface area contributed by atoms with Crippen LogP contribution in [0.3, 0.4) is 0 Å². The number of hydrogen-bond donors (Lipinski definition) is 0. The zero-order valence-corrected chi connectivity index (χ0v) is 11.3. The molecule has 2 aromatic carbocycles. The summed E-state index contributed by atoms with van der Waals surface area (Å²) in [5.41, 5.74) is 1.92. The number of rotatable bonds is 5. The third kappa shape index (κ3) is 3.95. The summed E-state index contributed by atoms with van der Waals surface area (Å²) in [4.78, 5) is 12.1. The van der Waals surface area contributed by atoms with Crippen LogP contribution in [0.1, 0.15) is 11.1 Å². The summed E-state index contributed by atoms with van der Waals surface area (Å²) >= 11 is 0. The number of methoxy groups -OCH3 is 1. The Labute approximate surface area is 119 Å². The summed E-state index contributed by atoms with van der Waals surface area (Å²) in [6.07, 6.45) is 5.03. The number of carbonyl (C=O) groups is 1. The summed E-state index contributed by atoms with van der Waals surface area (Å²) < 4.78 is 5.16. The van der Waals surface area contributed by atoms with Crippen LogP contribution in [0.25, 0.3) is 12.2 Å². The molecule has 0 aliphatic carbocycles. The zero-order chi connectivity index (χ0) is 14.2. The van der Waals surface area contributed by atoms with Crippen molar-refractivity contribution in [3.63, 3.8) is 0 Å². The highest BCUT2D eigenvalue weighted by Gasteiger charge is 2.05. The summed E-state index contributed by atoms with van der Waals surface area (Å²) in [5.74, 6) is 0.170. The topological polar surface area (TPSA) is 26.3 Å². The Morgan fingerprint density at radius 2 is 1.45 bits per heavy atom. The van der Waals surface area contributed by atoms with E-state index in [1.807, 2.05) is 60.7 Å². The minimum Gasteiger partial charge on any atom is -0.493 e. The molecule has 2 heteroatoms. The summed E-state index contributed by atoms with van der Waals surface area (Å²) in [6, 6.07) is 19.3. The number of carbonyl (C=O) groups excluding carboxylic acids is 1. The van der Waals surface area contributed by atoms with Crippen molar-refractivity contribution >= 4 is 17.9 Å². The molecule has 0 fully saturated rings. The second kappa shape index (κ2) is 7.10. The van der Waals surface area contributed by atoms with Crippen molar-refractivity contribution in [3.8, 4) is 0 Å². The molecule has 0 saturated heterocycles. The Bertz CT molecular complexity index is 610. The molecule has 2 rings (SSSR count). The molecule has 0 spiro atoms. The van der Waals surface area contributed by atoms with E-state index < -0.39 is 0 Å². The zero-order valence-electron chi connectivity index (χ0n) is 11.3. The maximum absolute atomic E-state index is 12.1. The molecule has 100 valence electrons. The van der Waals surface area contributed by atoms with Gasteiger partial charge >= 0.3 is 0 Å². The lowest BCUT2D eigenvalue weighted by atomic mass is 10.1. The van der Waals surface area contributed by atoms with Crippen molar-refractivity contribution in [3.05, 3.63) is 83.6 Å². The average Bonchev–Trinajstić information content (AvgIpc) is 2.52. The predicted octanol–water partition coefficient (Wildman–Crippen LogP) is 3.96. The Hall–Kier alpha value is -2.61. The Morgan fingerprint density at radius 1 is 0.900 bits per heavy atom. The van der Waals surface area contributed by atoms with Gasteiger partial charge in [-0.25, -0.2) is 0 Å². The average molecular weight is 264 g/mol. The van der Waals surface area contributed by atoms with Crippen molar-refractivity contribution in [2.45, 2.75) is 0 Å². The maximum atomic E-state index is 12.1. The fourth-order valence-electron chi connectivity index (χ4n) is 1.75. The molecule has 0 radical (unpaired) electrons. The van der Waals surface area contributed by atoms with Gasteiger partial charge in [0.05, 0.1) is 7.11 Å². The third-order valence-electron chi connectivity index (χ3n) is 2.79. The van der Waals surface area contributed by atoms with Gasteiger partial charge in [-0.2, -0.15) is 0 Å². The lowest BCUT2D eigenvalue weighted by molar-refractivity contribution is -0.113. The molecule has 0 saturated carbocycles. The Balaban J connectivity index is 2.14. The SMILES string of the molecule is CO/C(=C/c1ccccc1)C(=O)/C=C\c1ccccc1. The monoisotopic (exact) mass is 264 g/mol. The van der Waals surface area contributed by atoms with E-state index in [1.165, 1.54) is 13.2 Å². The molecule has 0 atom stereocenters. The van der Waals surface area contributed by atoms with Crippen LogP contribution in [0.4, 0.5) is 0 Å². The Kier molecular flexibility index (Phi) is 4.90. The van der Waals surface area contributed by atoms with Gasteiger partial charge in [0.25, 0.3) is 0 Å². The molecule has 0 unspecified atom stereocenters. The van der Waals surface area contributed by atoms with Crippen molar-refractivity contribution in [2.24, 2.45) is 0 Å². The lowest BCUT2D eigenvalue weighted by Gasteiger charge is -2.02. The first-order valence-corrected chi connectivity index (χ1v) is 6.38. The second-order valence-electron chi connectivity index (χ2n) is 4.23. The fraction of sp³-hybridized carbons (Fsp3) is 0.0556. The highest BCUT2D eigenvalue weighted by Crippen LogP contribution is 2.10. The van der Waals surface area contributed by atoms with Crippen LogP contribution in [0.15, 0.2) is 72.5 Å². The molecule has 2 nitrogen and oxygen atoms in total. The molecule has 20 heavy (non-hydrogen) atoms. The van der Waals surface area contributed by atoms with Crippen LogP contribution in [0.5, 0.6) is 0 Å². The van der Waals surface area contributed by atoms with Crippen LogP contribution in [-0.2, 0) is 9.53 Å². The largest absolute Gasteiger partial charge is 0.493 e. The third-order valence-corrected chi connectivity index (χ3v) is 2.79. The van der Waals surface area contributed by atoms with Gasteiger partial charge in [-0.3, -0.25) is 4.79 Å². The van der Waals surface area contributed by atoms with Crippen LogP contribution in [0, 0.1) is 0 Å². The van der Waals surface area contributed by atoms with Crippen LogP contribution < -0.4 is 0 Å². The van der Waals surface area contributed by atoms with E-state index in [2.05, 4.69) is 0 Å². The summed E-state index contributed by atoms with van der Waals surface area (Å²) in [6.45, 7) is 0. The maximum Gasteiger partial charge on any atom is 0.220 e. The second-order valence-corrected chi connectivity index (χ2v) is 4.23. The quantitative estimate of drug-likeness (QED) is 0.603. The van der Waals surface area contributed by atoms with E-state index in [4.69, 9.17) is 4.74 Å². The van der Waals surface area contributed by atoms with Crippen LogP contribution in [-0.4, -0.2) is 12.9 Å². The molecule has 0 bridgehead atoms. The smallest absolute Gasteiger partial charge is 0.220 e. The van der Waals surface area contributed by atoms with E-state index in [-0.39, 0.29) is 5.78 Å². The molecular formula is C18H16O2. The normalized spacial score (nSPS) is 11.6. The van der Waals surface area contributed by atoms with Crippen LogP contribution >= 0.6 is 0 Å². The fourth-order valence-corrected chi connectivity index (χ4v) is 1.75. The molecule has 0 amide bonds. The number of hydrogen-bond acceptors (Lipinski definition) is 2. The predicted molar refractivity (Wildman–Crippen MR) is 81.9 cm³/mol. The van der Waals surface area contributed by atoms with Crippen molar-refractivity contribution in [2.75, 3.05) is 7.11 Å². The van der Waals surface area contributed by atoms with Crippen molar-refractivity contribution in [1.82, 2.24) is 0 Å². The van der Waals surface area contributed by atoms with Crippen molar-refractivity contribution in [1.29, 1.82) is 0 Å². The minimum absolute atomic E-state index is 0.153. The first-order valence-electron chi connectivity index (χ1n) is 6.38. The number of allylic oxidation sites excluding steroid dienone is 1. The van der Waals surface area contributed by atoms with Gasteiger partial charge in [-0.05, 0) is 23.3 Å². The molecule has 0 N–H and O–H groups in total. The minimum atomic E-state index is -0.153. The molecular weight excluding hydrogens is 248 g/mol. The van der Waals surface area contributed by atoms with Gasteiger partial charge in [0.15, 0.2) is 5.76 Å².